The summed E-state index contributed by atoms with van der Waals surface area (Å²) in [6, 6.07) is 0. The van der Waals surface area contributed by atoms with E-state index in [2.05, 4.69) is 32.7 Å². The number of hydrogen-bond donors (Lipinski definition) is 1. The fourth-order valence-corrected chi connectivity index (χ4v) is 15.9. The van der Waals surface area contributed by atoms with Gasteiger partial charge in [-0.2, -0.15) is 0 Å². The molecular weight excluding hydrogens is 297 g/mol. The summed E-state index contributed by atoms with van der Waals surface area (Å²) in [6.45, 7) is 15.1. The maximum absolute atomic E-state index is 9.92. The van der Waals surface area contributed by atoms with E-state index >= 15 is 0 Å². The van der Waals surface area contributed by atoms with Crippen molar-refractivity contribution in [1.82, 2.24) is 0 Å². The van der Waals surface area contributed by atoms with Crippen LogP contribution in [0, 0.1) is 0 Å². The molecule has 0 atom stereocenters. The van der Waals surface area contributed by atoms with E-state index in [1.807, 2.05) is 13.1 Å². The van der Waals surface area contributed by atoms with Crippen molar-refractivity contribution in [3.05, 3.63) is 0 Å². The Hall–Kier alpha value is 0.964. The van der Waals surface area contributed by atoms with Crippen LogP contribution in [-0.4, -0.2) is 49.3 Å². The van der Waals surface area contributed by atoms with Crippen LogP contribution < -0.4 is 0 Å². The minimum Gasteiger partial charge on any atom is -0.459 e. The van der Waals surface area contributed by atoms with E-state index in [0.717, 1.165) is 11.3 Å². The molecule has 0 saturated carbocycles. The van der Waals surface area contributed by atoms with Crippen molar-refractivity contribution in [1.29, 1.82) is 0 Å². The molecule has 0 rings (SSSR count). The summed E-state index contributed by atoms with van der Waals surface area (Å²) in [4.78, 5) is 9.92. The highest BCUT2D eigenvalue weighted by Crippen LogP contribution is 2.16. The Morgan fingerprint density at radius 2 is 1.76 bits per heavy atom. The quantitative estimate of drug-likeness (QED) is 0.696. The molecule has 8 heteroatoms. The van der Waals surface area contributed by atoms with Crippen molar-refractivity contribution < 1.29 is 13.0 Å². The minimum absolute atomic E-state index is 0.615. The Morgan fingerprint density at radius 1 is 1.24 bits per heavy atom. The molecule has 0 fully saturated rings. The second-order valence-electron chi connectivity index (χ2n) is 6.04. The third-order valence-corrected chi connectivity index (χ3v) is 17.5. The standard InChI is InChI=1S/C9H27O3Si5/c1-14(2)11-13-8-17(6,7)12-15(3)9-16(4,5)10/h10,14H,8-9H2,1-7H3. The molecule has 1 N–H and O–H groups in total. The summed E-state index contributed by atoms with van der Waals surface area (Å²) in [5, 5.41) is 0. The molecule has 0 aliphatic rings. The van der Waals surface area contributed by atoms with Crippen LogP contribution in [-0.2, 0) is 8.23 Å². The Balaban J connectivity index is 3.98. The summed E-state index contributed by atoms with van der Waals surface area (Å²) in [5.41, 5.74) is 2.03. The fraction of sp³-hybridized carbons (Fsp3) is 1.00. The predicted molar refractivity (Wildman–Crippen MR) is 85.2 cm³/mol. The summed E-state index contributed by atoms with van der Waals surface area (Å²) in [7, 11) is -4.60. The molecule has 0 saturated heterocycles. The number of hydrogen-bond acceptors (Lipinski definition) is 3. The van der Waals surface area contributed by atoms with E-state index in [0.29, 0.717) is 9.76 Å². The van der Waals surface area contributed by atoms with Crippen LogP contribution in [0.15, 0.2) is 0 Å². The smallest absolute Gasteiger partial charge is 0.214 e. The van der Waals surface area contributed by atoms with Gasteiger partial charge in [-0.1, -0.05) is 0 Å². The van der Waals surface area contributed by atoms with Gasteiger partial charge >= 0.3 is 0 Å². The minimum atomic E-state index is -1.95. The highest BCUT2D eigenvalue weighted by atomic mass is 28.4. The molecule has 101 valence electrons. The van der Waals surface area contributed by atoms with Gasteiger partial charge in [0, 0.05) is 0 Å². The monoisotopic (exact) mass is 323 g/mol. The summed E-state index contributed by atoms with van der Waals surface area (Å²) >= 11 is 0. The van der Waals surface area contributed by atoms with Crippen LogP contribution in [0.2, 0.25) is 57.2 Å². The third kappa shape index (κ3) is 11.8. The van der Waals surface area contributed by atoms with E-state index in [4.69, 9.17) is 8.23 Å². The normalized spacial score (nSPS) is 13.8. The molecule has 0 spiro atoms. The van der Waals surface area contributed by atoms with Crippen LogP contribution in [0.1, 0.15) is 0 Å². The Kier molecular flexibility index (Phi) is 7.96. The molecule has 0 bridgehead atoms. The first-order valence-electron chi connectivity index (χ1n) is 6.14. The average molecular weight is 324 g/mol. The zero-order valence-electron chi connectivity index (χ0n) is 12.3. The molecule has 0 aromatic rings. The van der Waals surface area contributed by atoms with E-state index in [1.54, 1.807) is 0 Å². The first kappa shape index (κ1) is 18.0. The van der Waals surface area contributed by atoms with Crippen LogP contribution in [0.4, 0.5) is 0 Å². The SMILES string of the molecule is C[Si](C[Si](C)(C)O)O[Si](C)(C)C[Si]O[SiH](C)C. The van der Waals surface area contributed by atoms with Crippen molar-refractivity contribution in [2.45, 2.75) is 57.2 Å². The molecule has 17 heavy (non-hydrogen) atoms. The van der Waals surface area contributed by atoms with Gasteiger partial charge in [-0.3, -0.25) is 0 Å². The summed E-state index contributed by atoms with van der Waals surface area (Å²) in [6.07, 6.45) is 0. The van der Waals surface area contributed by atoms with E-state index in [1.165, 1.54) is 0 Å². The van der Waals surface area contributed by atoms with Gasteiger partial charge in [-0.15, -0.1) is 0 Å². The van der Waals surface area contributed by atoms with Gasteiger partial charge in [0.25, 0.3) is 0 Å². The molecule has 0 unspecified atom stereocenters. The third-order valence-electron chi connectivity index (χ3n) is 1.95. The van der Waals surface area contributed by atoms with E-state index in [9.17, 15) is 4.80 Å². The summed E-state index contributed by atoms with van der Waals surface area (Å²) < 4.78 is 12.0. The lowest BCUT2D eigenvalue weighted by Gasteiger charge is -2.28. The van der Waals surface area contributed by atoms with E-state index < -0.39 is 34.7 Å². The van der Waals surface area contributed by atoms with Gasteiger partial charge in [0.05, 0.1) is 0 Å². The van der Waals surface area contributed by atoms with E-state index in [-0.39, 0.29) is 0 Å². The molecule has 0 aliphatic carbocycles. The predicted octanol–water partition coefficient (Wildman–Crippen LogP) is 2.14. The lowest BCUT2D eigenvalue weighted by Crippen LogP contribution is -2.42. The van der Waals surface area contributed by atoms with Crippen LogP contribution in [0.3, 0.4) is 0 Å². The first-order valence-corrected chi connectivity index (χ1v) is 18.4. The molecule has 3 radical (unpaired) electrons. The second-order valence-corrected chi connectivity index (χ2v) is 21.6. The topological polar surface area (TPSA) is 38.7 Å². The fourth-order valence-electron chi connectivity index (χ4n) is 1.54. The van der Waals surface area contributed by atoms with Gasteiger partial charge in [0.2, 0.25) is 9.76 Å². The van der Waals surface area contributed by atoms with Crippen molar-refractivity contribution in [2.75, 3.05) is 0 Å². The molecule has 0 amide bonds. The van der Waals surface area contributed by atoms with Gasteiger partial charge < -0.3 is 13.0 Å². The Labute approximate surface area is 115 Å². The molecule has 0 heterocycles. The zero-order valence-corrected chi connectivity index (χ0v) is 17.4. The molecule has 0 aliphatic heterocycles. The second kappa shape index (κ2) is 7.53. The lowest BCUT2D eigenvalue weighted by atomic mass is 11.8. The molecule has 3 nitrogen and oxygen atoms in total. The van der Waals surface area contributed by atoms with Gasteiger partial charge in [0.1, 0.15) is 0 Å². The maximum atomic E-state index is 9.92. The largest absolute Gasteiger partial charge is 0.459 e. The van der Waals surface area contributed by atoms with Crippen molar-refractivity contribution >= 4 is 44.5 Å². The van der Waals surface area contributed by atoms with Crippen LogP contribution in [0.5, 0.6) is 0 Å². The lowest BCUT2D eigenvalue weighted by molar-refractivity contribution is 0.540. The maximum Gasteiger partial charge on any atom is 0.214 e. The average Bonchev–Trinajstić information content (AvgIpc) is 1.96. The van der Waals surface area contributed by atoms with Gasteiger partial charge in [-0.25, -0.2) is 0 Å². The highest BCUT2D eigenvalue weighted by molar-refractivity contribution is 6.88. The van der Waals surface area contributed by atoms with Crippen LogP contribution >= 0.6 is 0 Å². The van der Waals surface area contributed by atoms with Crippen molar-refractivity contribution in [2.24, 2.45) is 0 Å². The number of rotatable bonds is 8. The molecule has 0 aromatic carbocycles. The van der Waals surface area contributed by atoms with Gasteiger partial charge in [-0.05, 0) is 57.2 Å². The van der Waals surface area contributed by atoms with Crippen LogP contribution in [0.25, 0.3) is 0 Å². The molecule has 0 aromatic heterocycles. The zero-order chi connectivity index (χ0) is 13.7. The Bertz CT molecular complexity index is 217. The Morgan fingerprint density at radius 3 is 2.18 bits per heavy atom. The van der Waals surface area contributed by atoms with Crippen molar-refractivity contribution in [3.63, 3.8) is 0 Å². The summed E-state index contributed by atoms with van der Waals surface area (Å²) in [5.74, 6) is 0. The highest BCUT2D eigenvalue weighted by Gasteiger charge is 2.30. The van der Waals surface area contributed by atoms with Crippen molar-refractivity contribution in [3.8, 4) is 0 Å². The molecular formula is C9H27O3Si5. The first-order chi connectivity index (χ1) is 7.52. The van der Waals surface area contributed by atoms with Gasteiger partial charge in [0.15, 0.2) is 34.7 Å².